The largest absolute Gasteiger partial charge is 0.441 e. The zero-order valence-electron chi connectivity index (χ0n) is 16.9. The van der Waals surface area contributed by atoms with Crippen LogP contribution in [0.2, 0.25) is 0 Å². The van der Waals surface area contributed by atoms with Gasteiger partial charge in [-0.3, -0.25) is 4.79 Å². The summed E-state index contributed by atoms with van der Waals surface area (Å²) >= 11 is 0. The molecule has 6 nitrogen and oxygen atoms in total. The number of piperazine rings is 1. The monoisotopic (exact) mass is 430 g/mol. The number of oxazole rings is 1. The Kier molecular flexibility index (Phi) is 5.67. The van der Waals surface area contributed by atoms with E-state index in [4.69, 9.17) is 4.42 Å². The number of carbonyl (C=O) groups is 1. The molecule has 0 spiro atoms. The summed E-state index contributed by atoms with van der Waals surface area (Å²) in [5.41, 5.74) is 0.681. The molecule has 1 aliphatic rings. The molecule has 1 fully saturated rings. The van der Waals surface area contributed by atoms with Crippen LogP contribution in [0.4, 0.5) is 19.0 Å². The molecule has 3 heterocycles. The molecule has 1 aliphatic heterocycles. The van der Waals surface area contributed by atoms with Gasteiger partial charge in [-0.05, 0) is 31.2 Å². The smallest absolute Gasteiger partial charge is 0.417 e. The maximum absolute atomic E-state index is 12.7. The predicted octanol–water partition coefficient (Wildman–Crippen LogP) is 3.96. The lowest BCUT2D eigenvalue weighted by molar-refractivity contribution is -0.137. The van der Waals surface area contributed by atoms with Crippen molar-refractivity contribution in [3.8, 4) is 11.5 Å². The topological polar surface area (TPSA) is 62.5 Å². The standard InChI is InChI=1S/C22H21F3N4O2/c1-15-18(27-21(31-15)16-5-3-2-4-6-16)13-20(30)29-11-9-28(10-12-29)19-8-7-17(14-26-19)22(23,24)25/h2-8,14H,9-13H2,1H3. The van der Waals surface area contributed by atoms with Crippen molar-refractivity contribution in [3.05, 3.63) is 65.7 Å². The number of hydrogen-bond acceptors (Lipinski definition) is 5. The van der Waals surface area contributed by atoms with E-state index in [0.717, 1.165) is 17.8 Å². The number of aromatic nitrogens is 2. The van der Waals surface area contributed by atoms with E-state index in [1.165, 1.54) is 6.07 Å². The molecule has 1 amide bonds. The molecule has 0 N–H and O–H groups in total. The lowest BCUT2D eigenvalue weighted by Gasteiger charge is -2.35. The van der Waals surface area contributed by atoms with Crippen molar-refractivity contribution < 1.29 is 22.4 Å². The number of alkyl halides is 3. The second-order valence-corrected chi connectivity index (χ2v) is 7.34. The number of halogens is 3. The van der Waals surface area contributed by atoms with Gasteiger partial charge in [0.15, 0.2) is 0 Å². The first-order valence-electron chi connectivity index (χ1n) is 9.89. The van der Waals surface area contributed by atoms with Crippen molar-refractivity contribution >= 4 is 11.7 Å². The van der Waals surface area contributed by atoms with E-state index in [-0.39, 0.29) is 12.3 Å². The fourth-order valence-corrected chi connectivity index (χ4v) is 3.48. The summed E-state index contributed by atoms with van der Waals surface area (Å²) in [6, 6.07) is 11.9. The molecule has 0 atom stereocenters. The number of amides is 1. The van der Waals surface area contributed by atoms with Gasteiger partial charge in [0.25, 0.3) is 0 Å². The summed E-state index contributed by atoms with van der Waals surface area (Å²) in [5, 5.41) is 0. The van der Waals surface area contributed by atoms with Gasteiger partial charge in [-0.1, -0.05) is 18.2 Å². The van der Waals surface area contributed by atoms with Crippen molar-refractivity contribution in [3.63, 3.8) is 0 Å². The molecule has 9 heteroatoms. The van der Waals surface area contributed by atoms with E-state index in [2.05, 4.69) is 9.97 Å². The number of anilines is 1. The number of pyridine rings is 1. The van der Waals surface area contributed by atoms with Crippen LogP contribution in [0.25, 0.3) is 11.5 Å². The zero-order chi connectivity index (χ0) is 22.0. The number of rotatable bonds is 4. The number of hydrogen-bond donors (Lipinski definition) is 0. The van der Waals surface area contributed by atoms with Gasteiger partial charge in [-0.2, -0.15) is 13.2 Å². The SMILES string of the molecule is Cc1oc(-c2ccccc2)nc1CC(=O)N1CCN(c2ccc(C(F)(F)F)cn2)CC1. The minimum absolute atomic E-state index is 0.0592. The zero-order valence-corrected chi connectivity index (χ0v) is 16.9. The van der Waals surface area contributed by atoms with E-state index >= 15 is 0 Å². The highest BCUT2D eigenvalue weighted by Gasteiger charge is 2.31. The minimum atomic E-state index is -4.41. The van der Waals surface area contributed by atoms with Gasteiger partial charge < -0.3 is 14.2 Å². The Hall–Kier alpha value is -3.36. The first-order chi connectivity index (χ1) is 14.8. The van der Waals surface area contributed by atoms with Gasteiger partial charge in [-0.15, -0.1) is 0 Å². The van der Waals surface area contributed by atoms with Gasteiger partial charge >= 0.3 is 6.18 Å². The van der Waals surface area contributed by atoms with E-state index in [1.807, 2.05) is 35.2 Å². The summed E-state index contributed by atoms with van der Waals surface area (Å²) in [4.78, 5) is 24.8. The molecule has 0 saturated carbocycles. The predicted molar refractivity (Wildman–Crippen MR) is 108 cm³/mol. The molecule has 1 saturated heterocycles. The Morgan fingerprint density at radius 3 is 2.39 bits per heavy atom. The molecule has 0 unspecified atom stereocenters. The van der Waals surface area contributed by atoms with Crippen LogP contribution in [0.5, 0.6) is 0 Å². The van der Waals surface area contributed by atoms with Gasteiger partial charge in [0.05, 0.1) is 17.7 Å². The van der Waals surface area contributed by atoms with Crippen LogP contribution < -0.4 is 4.90 Å². The molecule has 4 rings (SSSR count). The first-order valence-corrected chi connectivity index (χ1v) is 9.89. The van der Waals surface area contributed by atoms with E-state index in [9.17, 15) is 18.0 Å². The molecule has 0 radical (unpaired) electrons. The quantitative estimate of drug-likeness (QED) is 0.627. The van der Waals surface area contributed by atoms with Crippen molar-refractivity contribution in [2.24, 2.45) is 0 Å². The maximum Gasteiger partial charge on any atom is 0.417 e. The average molecular weight is 430 g/mol. The molecule has 3 aromatic rings. The fourth-order valence-electron chi connectivity index (χ4n) is 3.48. The van der Waals surface area contributed by atoms with Crippen molar-refractivity contribution in [2.75, 3.05) is 31.1 Å². The van der Waals surface area contributed by atoms with Crippen LogP contribution in [0, 0.1) is 6.92 Å². The summed E-state index contributed by atoms with van der Waals surface area (Å²) in [6.45, 7) is 3.71. The molecule has 1 aromatic carbocycles. The van der Waals surface area contributed by atoms with Crippen LogP contribution in [-0.4, -0.2) is 47.0 Å². The number of benzene rings is 1. The van der Waals surface area contributed by atoms with E-state index in [0.29, 0.717) is 49.3 Å². The van der Waals surface area contributed by atoms with Gasteiger partial charge in [0.2, 0.25) is 11.8 Å². The molecule has 0 aliphatic carbocycles. The van der Waals surface area contributed by atoms with Crippen LogP contribution in [-0.2, 0) is 17.4 Å². The van der Waals surface area contributed by atoms with E-state index in [1.54, 1.807) is 11.8 Å². The highest BCUT2D eigenvalue weighted by molar-refractivity contribution is 5.79. The minimum Gasteiger partial charge on any atom is -0.441 e. The first kappa shape index (κ1) is 20.9. The molecule has 31 heavy (non-hydrogen) atoms. The van der Waals surface area contributed by atoms with Crippen molar-refractivity contribution in [1.82, 2.24) is 14.9 Å². The molecular weight excluding hydrogens is 409 g/mol. The lowest BCUT2D eigenvalue weighted by atomic mass is 10.2. The average Bonchev–Trinajstić information content (AvgIpc) is 3.14. The molecule has 162 valence electrons. The Balaban J connectivity index is 1.35. The van der Waals surface area contributed by atoms with Gasteiger partial charge in [0, 0.05) is 37.9 Å². The second-order valence-electron chi connectivity index (χ2n) is 7.34. The van der Waals surface area contributed by atoms with E-state index < -0.39 is 11.7 Å². The van der Waals surface area contributed by atoms with Crippen LogP contribution in [0.15, 0.2) is 53.1 Å². The Labute approximate surface area is 177 Å². The number of aryl methyl sites for hydroxylation is 1. The normalized spacial score (nSPS) is 14.7. The summed E-state index contributed by atoms with van der Waals surface area (Å²) in [6.07, 6.45) is -3.43. The fraction of sp³-hybridized carbons (Fsp3) is 0.318. The van der Waals surface area contributed by atoms with Crippen molar-refractivity contribution in [2.45, 2.75) is 19.5 Å². The third-order valence-corrected chi connectivity index (χ3v) is 5.26. The van der Waals surface area contributed by atoms with Crippen LogP contribution in [0.1, 0.15) is 17.0 Å². The third kappa shape index (κ3) is 4.70. The maximum atomic E-state index is 12.7. The number of carbonyl (C=O) groups excluding carboxylic acids is 1. The van der Waals surface area contributed by atoms with Crippen LogP contribution >= 0.6 is 0 Å². The Morgan fingerprint density at radius 2 is 1.77 bits per heavy atom. The molecule has 2 aromatic heterocycles. The van der Waals surface area contributed by atoms with Crippen LogP contribution in [0.3, 0.4) is 0 Å². The second kappa shape index (κ2) is 8.41. The van der Waals surface area contributed by atoms with Gasteiger partial charge in [0.1, 0.15) is 11.6 Å². The molecule has 0 bridgehead atoms. The Morgan fingerprint density at radius 1 is 1.06 bits per heavy atom. The summed E-state index contributed by atoms with van der Waals surface area (Å²) in [7, 11) is 0. The third-order valence-electron chi connectivity index (χ3n) is 5.26. The summed E-state index contributed by atoms with van der Waals surface area (Å²) < 4.78 is 43.8. The van der Waals surface area contributed by atoms with Gasteiger partial charge in [-0.25, -0.2) is 9.97 Å². The Bertz CT molecular complexity index is 1040. The number of nitrogens with zero attached hydrogens (tertiary/aromatic N) is 4. The highest BCUT2D eigenvalue weighted by atomic mass is 19.4. The van der Waals surface area contributed by atoms with Crippen molar-refractivity contribution in [1.29, 1.82) is 0 Å². The molecular formula is C22H21F3N4O2. The summed E-state index contributed by atoms with van der Waals surface area (Å²) in [5.74, 6) is 1.51. The lowest BCUT2D eigenvalue weighted by Crippen LogP contribution is -2.49. The highest BCUT2D eigenvalue weighted by Crippen LogP contribution is 2.29.